The van der Waals surface area contributed by atoms with Crippen molar-refractivity contribution in [3.8, 4) is 5.75 Å². The predicted molar refractivity (Wildman–Crippen MR) is 57.1 cm³/mol. The third kappa shape index (κ3) is 1.75. The number of phenols is 1. The molecule has 0 aliphatic heterocycles. The van der Waals surface area contributed by atoms with Gasteiger partial charge in [0.25, 0.3) is 0 Å². The average Bonchev–Trinajstić information content (AvgIpc) is 2.11. The fourth-order valence-corrected chi connectivity index (χ4v) is 2.23. The fourth-order valence-electron chi connectivity index (χ4n) is 2.23. The van der Waals surface area contributed by atoms with Crippen LogP contribution in [-0.4, -0.2) is 11.7 Å². The van der Waals surface area contributed by atoms with Gasteiger partial charge in [-0.3, -0.25) is 0 Å². The summed E-state index contributed by atoms with van der Waals surface area (Å²) in [6, 6.07) is 7.51. The van der Waals surface area contributed by atoms with Gasteiger partial charge in [0.05, 0.1) is 0 Å². The maximum Gasteiger partial charge on any atom is 0.115 e. The third-order valence-corrected chi connectivity index (χ3v) is 3.34. The second-order valence-corrected chi connectivity index (χ2v) is 4.40. The van der Waals surface area contributed by atoms with Crippen LogP contribution in [0.2, 0.25) is 0 Å². The van der Waals surface area contributed by atoms with Gasteiger partial charge in [-0.05, 0) is 48.9 Å². The molecule has 3 N–H and O–H groups in total. The smallest absolute Gasteiger partial charge is 0.115 e. The molecule has 1 saturated carbocycles. The van der Waals surface area contributed by atoms with Gasteiger partial charge in [0.1, 0.15) is 5.75 Å². The van der Waals surface area contributed by atoms with Gasteiger partial charge in [-0.1, -0.05) is 18.6 Å². The van der Waals surface area contributed by atoms with Crippen molar-refractivity contribution in [2.45, 2.75) is 25.7 Å². The summed E-state index contributed by atoms with van der Waals surface area (Å²) < 4.78 is 0. The van der Waals surface area contributed by atoms with Crippen molar-refractivity contribution in [2.24, 2.45) is 11.1 Å². The number of rotatable bonds is 3. The van der Waals surface area contributed by atoms with Crippen molar-refractivity contribution in [1.82, 2.24) is 0 Å². The number of hydrogen-bond acceptors (Lipinski definition) is 2. The van der Waals surface area contributed by atoms with Crippen molar-refractivity contribution in [1.29, 1.82) is 0 Å². The van der Waals surface area contributed by atoms with Crippen LogP contribution in [0.25, 0.3) is 0 Å². The summed E-state index contributed by atoms with van der Waals surface area (Å²) in [7, 11) is 0. The molecule has 2 rings (SSSR count). The topological polar surface area (TPSA) is 46.2 Å². The van der Waals surface area contributed by atoms with Crippen molar-refractivity contribution in [3.63, 3.8) is 0 Å². The average molecular weight is 191 g/mol. The van der Waals surface area contributed by atoms with E-state index in [9.17, 15) is 5.11 Å². The second kappa shape index (κ2) is 3.62. The Bertz CT molecular complexity index is 312. The quantitative estimate of drug-likeness (QED) is 0.768. The van der Waals surface area contributed by atoms with Crippen LogP contribution in [0, 0.1) is 5.41 Å². The first kappa shape index (κ1) is 9.53. The zero-order valence-electron chi connectivity index (χ0n) is 8.37. The summed E-state index contributed by atoms with van der Waals surface area (Å²) in [6.45, 7) is 0.767. The molecule has 0 atom stereocenters. The van der Waals surface area contributed by atoms with E-state index in [1.807, 2.05) is 12.1 Å². The molecule has 0 heterocycles. The standard InChI is InChI=1S/C12H17NO/c13-9-12(5-2-6-12)8-10-3-1-4-11(14)7-10/h1,3-4,7,14H,2,5-6,8-9,13H2. The predicted octanol–water partition coefficient (Wildman–Crippen LogP) is 2.06. The lowest BCUT2D eigenvalue weighted by atomic mass is 9.65. The molecule has 1 aliphatic carbocycles. The molecule has 0 spiro atoms. The highest BCUT2D eigenvalue weighted by molar-refractivity contribution is 5.28. The Kier molecular flexibility index (Phi) is 2.46. The molecule has 0 radical (unpaired) electrons. The van der Waals surface area contributed by atoms with Crippen LogP contribution in [-0.2, 0) is 6.42 Å². The molecule has 1 aromatic carbocycles. The van der Waals surface area contributed by atoms with E-state index in [2.05, 4.69) is 6.07 Å². The maximum atomic E-state index is 9.34. The molecule has 2 nitrogen and oxygen atoms in total. The van der Waals surface area contributed by atoms with E-state index in [1.165, 1.54) is 24.8 Å². The van der Waals surface area contributed by atoms with Crippen molar-refractivity contribution in [3.05, 3.63) is 29.8 Å². The zero-order valence-corrected chi connectivity index (χ0v) is 8.37. The van der Waals surface area contributed by atoms with E-state index in [0.717, 1.165) is 13.0 Å². The minimum absolute atomic E-state index is 0.327. The van der Waals surface area contributed by atoms with Gasteiger partial charge in [-0.15, -0.1) is 0 Å². The minimum Gasteiger partial charge on any atom is -0.508 e. The van der Waals surface area contributed by atoms with Crippen LogP contribution in [0.3, 0.4) is 0 Å². The molecular weight excluding hydrogens is 174 g/mol. The lowest BCUT2D eigenvalue weighted by molar-refractivity contribution is 0.145. The van der Waals surface area contributed by atoms with E-state index < -0.39 is 0 Å². The molecule has 2 heteroatoms. The number of phenolic OH excluding ortho intramolecular Hbond substituents is 1. The van der Waals surface area contributed by atoms with E-state index in [4.69, 9.17) is 5.73 Å². The molecule has 14 heavy (non-hydrogen) atoms. The minimum atomic E-state index is 0.327. The zero-order chi connectivity index (χ0) is 10.0. The Hall–Kier alpha value is -1.02. The summed E-state index contributed by atoms with van der Waals surface area (Å²) >= 11 is 0. The van der Waals surface area contributed by atoms with Crippen LogP contribution in [0.4, 0.5) is 0 Å². The summed E-state index contributed by atoms with van der Waals surface area (Å²) in [6.07, 6.45) is 4.78. The normalized spacial score (nSPS) is 18.9. The number of aromatic hydroxyl groups is 1. The number of nitrogens with two attached hydrogens (primary N) is 1. The summed E-state index contributed by atoms with van der Waals surface area (Å²) in [4.78, 5) is 0. The Morgan fingerprint density at radius 2 is 2.14 bits per heavy atom. The van der Waals surface area contributed by atoms with Gasteiger partial charge in [0, 0.05) is 0 Å². The van der Waals surface area contributed by atoms with Gasteiger partial charge < -0.3 is 10.8 Å². The molecule has 1 aromatic rings. The SMILES string of the molecule is NCC1(Cc2cccc(O)c2)CCC1. The lowest BCUT2D eigenvalue weighted by Crippen LogP contribution is -2.39. The molecular formula is C12H17NO. The van der Waals surface area contributed by atoms with E-state index in [1.54, 1.807) is 6.07 Å². The Morgan fingerprint density at radius 3 is 2.64 bits per heavy atom. The number of hydrogen-bond donors (Lipinski definition) is 2. The molecule has 0 saturated heterocycles. The Morgan fingerprint density at radius 1 is 1.36 bits per heavy atom. The molecule has 1 aliphatic rings. The van der Waals surface area contributed by atoms with Crippen LogP contribution in [0.15, 0.2) is 24.3 Å². The van der Waals surface area contributed by atoms with Crippen LogP contribution < -0.4 is 5.73 Å². The van der Waals surface area contributed by atoms with Crippen LogP contribution >= 0.6 is 0 Å². The third-order valence-electron chi connectivity index (χ3n) is 3.34. The fraction of sp³-hybridized carbons (Fsp3) is 0.500. The summed E-state index contributed by atoms with van der Waals surface area (Å²) in [5.74, 6) is 0.356. The van der Waals surface area contributed by atoms with Crippen molar-refractivity contribution >= 4 is 0 Å². The van der Waals surface area contributed by atoms with E-state index in [0.29, 0.717) is 11.2 Å². The monoisotopic (exact) mass is 191 g/mol. The second-order valence-electron chi connectivity index (χ2n) is 4.40. The lowest BCUT2D eigenvalue weighted by Gasteiger charge is -2.41. The first-order valence-corrected chi connectivity index (χ1v) is 5.22. The highest BCUT2D eigenvalue weighted by Crippen LogP contribution is 2.42. The number of benzene rings is 1. The molecule has 0 amide bonds. The maximum absolute atomic E-state index is 9.34. The molecule has 1 fully saturated rings. The van der Waals surface area contributed by atoms with Crippen molar-refractivity contribution < 1.29 is 5.11 Å². The molecule has 0 aromatic heterocycles. The van der Waals surface area contributed by atoms with Gasteiger partial charge in [-0.2, -0.15) is 0 Å². The first-order valence-electron chi connectivity index (χ1n) is 5.22. The summed E-state index contributed by atoms with van der Waals surface area (Å²) in [5.41, 5.74) is 7.32. The summed E-state index contributed by atoms with van der Waals surface area (Å²) in [5, 5.41) is 9.34. The largest absolute Gasteiger partial charge is 0.508 e. The van der Waals surface area contributed by atoms with Gasteiger partial charge in [0.2, 0.25) is 0 Å². The Balaban J connectivity index is 2.09. The molecule has 0 unspecified atom stereocenters. The van der Waals surface area contributed by atoms with Gasteiger partial charge in [0.15, 0.2) is 0 Å². The highest BCUT2D eigenvalue weighted by Gasteiger charge is 2.35. The first-order chi connectivity index (χ1) is 6.74. The van der Waals surface area contributed by atoms with Crippen LogP contribution in [0.5, 0.6) is 5.75 Å². The van der Waals surface area contributed by atoms with Gasteiger partial charge >= 0.3 is 0 Å². The highest BCUT2D eigenvalue weighted by atomic mass is 16.3. The van der Waals surface area contributed by atoms with Crippen LogP contribution in [0.1, 0.15) is 24.8 Å². The van der Waals surface area contributed by atoms with Crippen molar-refractivity contribution in [2.75, 3.05) is 6.54 Å². The molecule has 0 bridgehead atoms. The van der Waals surface area contributed by atoms with E-state index in [-0.39, 0.29) is 0 Å². The molecule has 76 valence electrons. The van der Waals surface area contributed by atoms with Gasteiger partial charge in [-0.25, -0.2) is 0 Å². The Labute approximate surface area is 84.7 Å². The van der Waals surface area contributed by atoms with E-state index >= 15 is 0 Å².